The zero-order valence-electron chi connectivity index (χ0n) is 10.7. The van der Waals surface area contributed by atoms with Gasteiger partial charge in [0.15, 0.2) is 11.5 Å². The van der Waals surface area contributed by atoms with E-state index in [-0.39, 0.29) is 0 Å². The SMILES string of the molecule is COc1ccccc1-c1nnc2cccc(OC)n12. The molecule has 5 heteroatoms. The minimum Gasteiger partial charge on any atom is -0.496 e. The van der Waals surface area contributed by atoms with Crippen LogP contribution in [0.2, 0.25) is 0 Å². The molecule has 0 spiro atoms. The average molecular weight is 255 g/mol. The van der Waals surface area contributed by atoms with E-state index < -0.39 is 0 Å². The summed E-state index contributed by atoms with van der Waals surface area (Å²) in [6.07, 6.45) is 0. The third-order valence-corrected chi connectivity index (χ3v) is 2.95. The number of rotatable bonds is 3. The van der Waals surface area contributed by atoms with Gasteiger partial charge in [0.05, 0.1) is 19.8 Å². The number of hydrogen-bond acceptors (Lipinski definition) is 4. The summed E-state index contributed by atoms with van der Waals surface area (Å²) in [4.78, 5) is 0. The number of pyridine rings is 1. The van der Waals surface area contributed by atoms with Crippen LogP contribution >= 0.6 is 0 Å². The molecule has 0 aliphatic rings. The van der Waals surface area contributed by atoms with Crippen molar-refractivity contribution in [3.8, 4) is 23.0 Å². The highest BCUT2D eigenvalue weighted by atomic mass is 16.5. The molecule has 0 aliphatic heterocycles. The van der Waals surface area contributed by atoms with Crippen molar-refractivity contribution in [3.05, 3.63) is 42.5 Å². The van der Waals surface area contributed by atoms with Gasteiger partial charge in [-0.05, 0) is 24.3 Å². The molecule has 3 aromatic rings. The molecule has 2 aromatic heterocycles. The molecule has 0 atom stereocenters. The highest BCUT2D eigenvalue weighted by molar-refractivity contribution is 5.67. The highest BCUT2D eigenvalue weighted by Gasteiger charge is 2.14. The molecule has 0 saturated heterocycles. The Labute approximate surface area is 110 Å². The van der Waals surface area contributed by atoms with Crippen LogP contribution < -0.4 is 9.47 Å². The fourth-order valence-corrected chi connectivity index (χ4v) is 2.08. The van der Waals surface area contributed by atoms with Crippen LogP contribution in [0.5, 0.6) is 11.6 Å². The van der Waals surface area contributed by atoms with Crippen molar-refractivity contribution in [3.63, 3.8) is 0 Å². The van der Waals surface area contributed by atoms with E-state index in [4.69, 9.17) is 9.47 Å². The summed E-state index contributed by atoms with van der Waals surface area (Å²) in [5.41, 5.74) is 1.61. The molecular formula is C14H13N3O2. The van der Waals surface area contributed by atoms with Gasteiger partial charge >= 0.3 is 0 Å². The molecule has 0 radical (unpaired) electrons. The first-order chi connectivity index (χ1) is 9.35. The van der Waals surface area contributed by atoms with Gasteiger partial charge in [-0.1, -0.05) is 18.2 Å². The zero-order valence-corrected chi connectivity index (χ0v) is 10.7. The lowest BCUT2D eigenvalue weighted by atomic mass is 10.2. The van der Waals surface area contributed by atoms with Crippen LogP contribution in [-0.4, -0.2) is 28.8 Å². The second kappa shape index (κ2) is 4.61. The van der Waals surface area contributed by atoms with Gasteiger partial charge in [-0.15, -0.1) is 10.2 Å². The Kier molecular flexibility index (Phi) is 2.79. The van der Waals surface area contributed by atoms with E-state index in [1.54, 1.807) is 14.2 Å². The number of hydrogen-bond donors (Lipinski definition) is 0. The lowest BCUT2D eigenvalue weighted by molar-refractivity contribution is 0.392. The Hall–Kier alpha value is -2.56. The van der Waals surface area contributed by atoms with E-state index in [0.717, 1.165) is 17.0 Å². The van der Waals surface area contributed by atoms with E-state index >= 15 is 0 Å². The second-order valence-corrected chi connectivity index (χ2v) is 3.99. The summed E-state index contributed by atoms with van der Waals surface area (Å²) < 4.78 is 12.6. The number of benzene rings is 1. The molecule has 1 aromatic carbocycles. The topological polar surface area (TPSA) is 48.7 Å². The molecule has 19 heavy (non-hydrogen) atoms. The Morgan fingerprint density at radius 3 is 2.53 bits per heavy atom. The van der Waals surface area contributed by atoms with Crippen molar-refractivity contribution in [1.82, 2.24) is 14.6 Å². The van der Waals surface area contributed by atoms with Crippen molar-refractivity contribution in [1.29, 1.82) is 0 Å². The highest BCUT2D eigenvalue weighted by Crippen LogP contribution is 2.30. The number of fused-ring (bicyclic) bond motifs is 1. The lowest BCUT2D eigenvalue weighted by Crippen LogP contribution is -1.97. The van der Waals surface area contributed by atoms with E-state index in [0.29, 0.717) is 11.7 Å². The smallest absolute Gasteiger partial charge is 0.200 e. The van der Waals surface area contributed by atoms with Gasteiger partial charge in [-0.2, -0.15) is 0 Å². The molecule has 0 unspecified atom stereocenters. The van der Waals surface area contributed by atoms with Crippen molar-refractivity contribution in [2.45, 2.75) is 0 Å². The maximum atomic E-state index is 5.37. The van der Waals surface area contributed by atoms with Crippen molar-refractivity contribution >= 4 is 5.65 Å². The van der Waals surface area contributed by atoms with Crippen LogP contribution in [0.15, 0.2) is 42.5 Å². The maximum Gasteiger partial charge on any atom is 0.200 e. The normalized spacial score (nSPS) is 10.6. The van der Waals surface area contributed by atoms with Gasteiger partial charge in [-0.25, -0.2) is 4.40 Å². The molecule has 0 saturated carbocycles. The van der Waals surface area contributed by atoms with E-state index in [9.17, 15) is 0 Å². The van der Waals surface area contributed by atoms with Gasteiger partial charge in [0, 0.05) is 0 Å². The van der Waals surface area contributed by atoms with Crippen molar-refractivity contribution < 1.29 is 9.47 Å². The molecular weight excluding hydrogens is 242 g/mol. The molecule has 0 bridgehead atoms. The quantitative estimate of drug-likeness (QED) is 0.721. The van der Waals surface area contributed by atoms with Crippen LogP contribution in [0, 0.1) is 0 Å². The van der Waals surface area contributed by atoms with Crippen LogP contribution in [0.1, 0.15) is 0 Å². The summed E-state index contributed by atoms with van der Waals surface area (Å²) in [6, 6.07) is 13.3. The standard InChI is InChI=1S/C14H13N3O2/c1-18-11-7-4-3-6-10(11)14-16-15-12-8-5-9-13(19-2)17(12)14/h3-9H,1-2H3. The number of aromatic nitrogens is 3. The monoisotopic (exact) mass is 255 g/mol. The zero-order chi connectivity index (χ0) is 13.2. The first-order valence-corrected chi connectivity index (χ1v) is 5.86. The molecule has 0 fully saturated rings. The number of methoxy groups -OCH3 is 2. The maximum absolute atomic E-state index is 5.37. The van der Waals surface area contributed by atoms with Gasteiger partial charge in [0.1, 0.15) is 5.75 Å². The molecule has 2 heterocycles. The van der Waals surface area contributed by atoms with Gasteiger partial charge in [0.25, 0.3) is 0 Å². The van der Waals surface area contributed by atoms with Gasteiger partial charge in [0.2, 0.25) is 5.88 Å². The predicted octanol–water partition coefficient (Wildman–Crippen LogP) is 2.41. The second-order valence-electron chi connectivity index (χ2n) is 3.99. The van der Waals surface area contributed by atoms with E-state index in [1.807, 2.05) is 46.9 Å². The largest absolute Gasteiger partial charge is 0.496 e. The first kappa shape index (κ1) is 11.5. The third-order valence-electron chi connectivity index (χ3n) is 2.95. The molecule has 0 N–H and O–H groups in total. The molecule has 96 valence electrons. The molecule has 3 rings (SSSR count). The summed E-state index contributed by atoms with van der Waals surface area (Å²) in [5.74, 6) is 2.14. The van der Waals surface area contributed by atoms with Crippen molar-refractivity contribution in [2.24, 2.45) is 0 Å². The summed E-state index contributed by atoms with van der Waals surface area (Å²) in [6.45, 7) is 0. The lowest BCUT2D eigenvalue weighted by Gasteiger charge is -2.08. The van der Waals surface area contributed by atoms with Crippen LogP contribution in [-0.2, 0) is 0 Å². The molecule has 5 nitrogen and oxygen atoms in total. The summed E-state index contributed by atoms with van der Waals surface area (Å²) in [7, 11) is 3.26. The number of ether oxygens (including phenoxy) is 2. The van der Waals surface area contributed by atoms with Crippen LogP contribution in [0.4, 0.5) is 0 Å². The Balaban J connectivity index is 2.31. The minimum atomic E-state index is 0.684. The van der Waals surface area contributed by atoms with Crippen LogP contribution in [0.3, 0.4) is 0 Å². The fourth-order valence-electron chi connectivity index (χ4n) is 2.08. The molecule has 0 aliphatic carbocycles. The van der Waals surface area contributed by atoms with Crippen LogP contribution in [0.25, 0.3) is 17.0 Å². The van der Waals surface area contributed by atoms with E-state index in [1.165, 1.54) is 0 Å². The third kappa shape index (κ3) is 1.79. The number of para-hydroxylation sites is 1. The molecule has 0 amide bonds. The Morgan fingerprint density at radius 2 is 1.74 bits per heavy atom. The Bertz CT molecular complexity index is 722. The predicted molar refractivity (Wildman–Crippen MR) is 71.5 cm³/mol. The van der Waals surface area contributed by atoms with Gasteiger partial charge in [-0.3, -0.25) is 0 Å². The summed E-state index contributed by atoms with van der Waals surface area (Å²) >= 11 is 0. The number of nitrogens with zero attached hydrogens (tertiary/aromatic N) is 3. The first-order valence-electron chi connectivity index (χ1n) is 5.86. The summed E-state index contributed by atoms with van der Waals surface area (Å²) in [5, 5.41) is 8.39. The van der Waals surface area contributed by atoms with Gasteiger partial charge < -0.3 is 9.47 Å². The average Bonchev–Trinajstić information content (AvgIpc) is 2.91. The van der Waals surface area contributed by atoms with E-state index in [2.05, 4.69) is 10.2 Å². The van der Waals surface area contributed by atoms with Crippen molar-refractivity contribution in [2.75, 3.05) is 14.2 Å². The Morgan fingerprint density at radius 1 is 0.895 bits per heavy atom. The fraction of sp³-hybridized carbons (Fsp3) is 0.143. The minimum absolute atomic E-state index is 0.684.